The number of piperazine rings is 1. The van der Waals surface area contributed by atoms with Crippen LogP contribution in [0.25, 0.3) is 16.9 Å². The first-order valence-electron chi connectivity index (χ1n) is 13.9. The Hall–Kier alpha value is -4.58. The molecular formula is C30H31F2N7O3. The van der Waals surface area contributed by atoms with Crippen molar-refractivity contribution < 1.29 is 23.1 Å². The molecule has 1 atom stereocenters. The molecule has 12 heteroatoms. The summed E-state index contributed by atoms with van der Waals surface area (Å²) < 4.78 is 35.7. The number of ether oxygens (including phenoxy) is 1. The molecule has 0 saturated carbocycles. The van der Waals surface area contributed by atoms with E-state index in [4.69, 9.17) is 4.74 Å². The number of hydrogen-bond donors (Lipinski definition) is 2. The Morgan fingerprint density at radius 2 is 1.83 bits per heavy atom. The van der Waals surface area contributed by atoms with Gasteiger partial charge in [-0.3, -0.25) is 14.0 Å². The van der Waals surface area contributed by atoms with E-state index in [1.54, 1.807) is 27.6 Å². The lowest BCUT2D eigenvalue weighted by atomic mass is 10.0. The third-order valence-corrected chi connectivity index (χ3v) is 7.98. The maximum Gasteiger partial charge on any atom is 0.254 e. The lowest BCUT2D eigenvalue weighted by molar-refractivity contribution is -0.136. The number of carbonyl (C=O) groups excluding carboxylic acids is 2. The van der Waals surface area contributed by atoms with Gasteiger partial charge in [0.15, 0.2) is 23.0 Å². The molecule has 2 saturated heterocycles. The number of aromatic nitrogens is 3. The zero-order valence-corrected chi connectivity index (χ0v) is 23.4. The average molecular weight is 576 g/mol. The van der Waals surface area contributed by atoms with Crippen LogP contribution in [0.5, 0.6) is 5.75 Å². The molecule has 42 heavy (non-hydrogen) atoms. The first-order valence-corrected chi connectivity index (χ1v) is 13.9. The van der Waals surface area contributed by atoms with E-state index in [1.165, 1.54) is 31.6 Å². The fraction of sp³-hybridized carbons (Fsp3) is 0.333. The number of benzene rings is 2. The van der Waals surface area contributed by atoms with Crippen molar-refractivity contribution in [3.63, 3.8) is 0 Å². The largest absolute Gasteiger partial charge is 0.494 e. The molecule has 10 nitrogen and oxygen atoms in total. The first kappa shape index (κ1) is 27.6. The van der Waals surface area contributed by atoms with Gasteiger partial charge in [-0.15, -0.1) is 0 Å². The van der Waals surface area contributed by atoms with Crippen LogP contribution in [0.1, 0.15) is 22.3 Å². The second-order valence-electron chi connectivity index (χ2n) is 10.5. The fourth-order valence-electron chi connectivity index (χ4n) is 5.64. The quantitative estimate of drug-likeness (QED) is 0.362. The van der Waals surface area contributed by atoms with Crippen molar-refractivity contribution >= 4 is 29.0 Å². The van der Waals surface area contributed by atoms with Crippen molar-refractivity contribution in [2.45, 2.75) is 13.3 Å². The van der Waals surface area contributed by atoms with Gasteiger partial charge in [-0.1, -0.05) is 0 Å². The van der Waals surface area contributed by atoms with Gasteiger partial charge < -0.3 is 25.2 Å². The monoisotopic (exact) mass is 575 g/mol. The third kappa shape index (κ3) is 5.02. The Morgan fingerprint density at radius 3 is 2.55 bits per heavy atom. The Balaban J connectivity index is 1.16. The van der Waals surface area contributed by atoms with Gasteiger partial charge in [0.1, 0.15) is 0 Å². The summed E-state index contributed by atoms with van der Waals surface area (Å²) in [6.07, 6.45) is 5.48. The fourth-order valence-corrected chi connectivity index (χ4v) is 5.64. The van der Waals surface area contributed by atoms with Gasteiger partial charge in [-0.05, 0) is 55.8 Å². The molecule has 0 radical (unpaired) electrons. The van der Waals surface area contributed by atoms with Gasteiger partial charge in [-0.25, -0.2) is 14.4 Å². The van der Waals surface area contributed by atoms with Crippen LogP contribution in [-0.4, -0.2) is 82.4 Å². The summed E-state index contributed by atoms with van der Waals surface area (Å²) >= 11 is 0. The van der Waals surface area contributed by atoms with E-state index in [-0.39, 0.29) is 29.0 Å². The molecule has 218 valence electrons. The molecule has 0 spiro atoms. The van der Waals surface area contributed by atoms with Crippen LogP contribution in [0, 0.1) is 24.5 Å². The lowest BCUT2D eigenvalue weighted by Crippen LogP contribution is -2.52. The summed E-state index contributed by atoms with van der Waals surface area (Å²) in [6.45, 7) is 5.54. The van der Waals surface area contributed by atoms with Crippen molar-refractivity contribution in [2.75, 3.05) is 51.7 Å². The average Bonchev–Trinajstić information content (AvgIpc) is 3.70. The second-order valence-corrected chi connectivity index (χ2v) is 10.5. The van der Waals surface area contributed by atoms with E-state index in [1.807, 2.05) is 17.9 Å². The number of anilines is 2. The maximum atomic E-state index is 14.8. The minimum absolute atomic E-state index is 0.0371. The zero-order chi connectivity index (χ0) is 29.4. The van der Waals surface area contributed by atoms with Crippen LogP contribution >= 0.6 is 0 Å². The van der Waals surface area contributed by atoms with Crippen molar-refractivity contribution in [3.8, 4) is 17.0 Å². The Labute approximate surface area is 241 Å². The van der Waals surface area contributed by atoms with Gasteiger partial charge in [0.25, 0.3) is 5.91 Å². The maximum absolute atomic E-state index is 14.8. The van der Waals surface area contributed by atoms with Crippen molar-refractivity contribution in [2.24, 2.45) is 5.92 Å². The minimum atomic E-state index is -1.07. The molecule has 0 bridgehead atoms. The zero-order valence-electron chi connectivity index (χ0n) is 23.4. The first-order chi connectivity index (χ1) is 20.4. The predicted octanol–water partition coefficient (Wildman–Crippen LogP) is 3.63. The number of rotatable bonds is 6. The summed E-state index contributed by atoms with van der Waals surface area (Å²) in [5.41, 5.74) is 2.88. The number of imidazole rings is 1. The summed E-state index contributed by atoms with van der Waals surface area (Å²) in [7, 11) is 1.28. The Morgan fingerprint density at radius 1 is 1.05 bits per heavy atom. The SMILES string of the molecule is COc1ccc(-c2cnc3c(Nc4ccc(C(=O)N5CCN(C(=O)[C@@H]6CCNC6)CC5)c(C)c4)nccn23)c(F)c1F. The number of fused-ring (bicyclic) bond motifs is 1. The summed E-state index contributed by atoms with van der Waals surface area (Å²) in [5, 5.41) is 6.47. The van der Waals surface area contributed by atoms with E-state index in [2.05, 4.69) is 20.6 Å². The summed E-state index contributed by atoms with van der Waals surface area (Å²) in [6, 6.07) is 8.23. The molecule has 2 aromatic carbocycles. The van der Waals surface area contributed by atoms with E-state index >= 15 is 0 Å². The second kappa shape index (κ2) is 11.4. The van der Waals surface area contributed by atoms with Crippen LogP contribution in [0.4, 0.5) is 20.3 Å². The van der Waals surface area contributed by atoms with E-state index in [0.29, 0.717) is 54.6 Å². The Bertz CT molecular complexity index is 1660. The highest BCUT2D eigenvalue weighted by Gasteiger charge is 2.31. The molecule has 0 aliphatic carbocycles. The molecule has 2 aliphatic rings. The Kier molecular flexibility index (Phi) is 7.46. The molecule has 2 N–H and O–H groups in total. The molecule has 0 unspecified atom stereocenters. The molecule has 4 heterocycles. The molecule has 2 fully saturated rings. The highest BCUT2D eigenvalue weighted by atomic mass is 19.2. The normalized spacial score (nSPS) is 17.1. The molecule has 6 rings (SSSR count). The van der Waals surface area contributed by atoms with Crippen LogP contribution in [-0.2, 0) is 4.79 Å². The van der Waals surface area contributed by atoms with Crippen molar-refractivity contribution in [1.29, 1.82) is 0 Å². The van der Waals surface area contributed by atoms with Crippen LogP contribution in [0.15, 0.2) is 48.9 Å². The number of hydrogen-bond acceptors (Lipinski definition) is 7. The standard InChI is InChI=1S/C30H31F2N7O3/c1-18-15-20(3-4-21(18)30(41)38-13-11-37(12-14-38)29(40)19-7-8-33-16-19)36-27-28-35-17-23(39(28)10-9-34-27)22-5-6-24(42-2)26(32)25(22)31/h3-6,9-10,15,17,19,33H,7-8,11-14,16H2,1-2H3,(H,34,36)/t19-/m1/s1. The number of carbonyl (C=O) groups is 2. The highest BCUT2D eigenvalue weighted by Crippen LogP contribution is 2.31. The molecule has 4 aromatic rings. The van der Waals surface area contributed by atoms with E-state index < -0.39 is 11.6 Å². The van der Waals surface area contributed by atoms with Crippen molar-refractivity contribution in [3.05, 3.63) is 71.7 Å². The third-order valence-electron chi connectivity index (χ3n) is 7.98. The van der Waals surface area contributed by atoms with E-state index in [0.717, 1.165) is 25.1 Å². The number of nitrogens with zero attached hydrogens (tertiary/aromatic N) is 5. The number of halogens is 2. The number of nitrogens with one attached hydrogen (secondary N) is 2. The molecule has 2 amide bonds. The van der Waals surface area contributed by atoms with Gasteiger partial charge in [0, 0.05) is 61.9 Å². The topological polar surface area (TPSA) is 104 Å². The van der Waals surface area contributed by atoms with Crippen LogP contribution in [0.3, 0.4) is 0 Å². The lowest BCUT2D eigenvalue weighted by Gasteiger charge is -2.36. The van der Waals surface area contributed by atoms with Crippen LogP contribution < -0.4 is 15.4 Å². The molecule has 2 aromatic heterocycles. The number of methoxy groups -OCH3 is 1. The summed E-state index contributed by atoms with van der Waals surface area (Å²) in [4.78, 5) is 38.5. The van der Waals surface area contributed by atoms with Crippen LogP contribution in [0.2, 0.25) is 0 Å². The van der Waals surface area contributed by atoms with Gasteiger partial charge >= 0.3 is 0 Å². The summed E-state index contributed by atoms with van der Waals surface area (Å²) in [5.74, 6) is -1.73. The highest BCUT2D eigenvalue weighted by molar-refractivity contribution is 5.96. The van der Waals surface area contributed by atoms with Crippen molar-refractivity contribution in [1.82, 2.24) is 29.5 Å². The van der Waals surface area contributed by atoms with Gasteiger partial charge in [-0.2, -0.15) is 4.39 Å². The number of aryl methyl sites for hydroxylation is 1. The molecule has 2 aliphatic heterocycles. The predicted molar refractivity (Wildman–Crippen MR) is 153 cm³/mol. The molecular weight excluding hydrogens is 544 g/mol. The van der Waals surface area contributed by atoms with Gasteiger partial charge in [0.05, 0.1) is 24.9 Å². The smallest absolute Gasteiger partial charge is 0.254 e. The number of amides is 2. The van der Waals surface area contributed by atoms with Gasteiger partial charge in [0.2, 0.25) is 11.7 Å². The van der Waals surface area contributed by atoms with E-state index in [9.17, 15) is 18.4 Å². The minimum Gasteiger partial charge on any atom is -0.494 e.